The maximum Gasteiger partial charge on any atom is 0.223 e. The zero-order valence-corrected chi connectivity index (χ0v) is 15.7. The average Bonchev–Trinajstić information content (AvgIpc) is 2.45. The number of hydrogen-bond donors (Lipinski definition) is 2. The molecule has 7 heteroatoms. The highest BCUT2D eigenvalue weighted by atomic mass is 35.5. The van der Waals surface area contributed by atoms with Crippen molar-refractivity contribution in [3.63, 3.8) is 0 Å². The van der Waals surface area contributed by atoms with Crippen LogP contribution >= 0.6 is 24.8 Å². The second-order valence-electron chi connectivity index (χ2n) is 5.62. The second kappa shape index (κ2) is 10.7. The van der Waals surface area contributed by atoms with Crippen molar-refractivity contribution in [3.05, 3.63) is 23.9 Å². The van der Waals surface area contributed by atoms with Crippen LogP contribution in [0, 0.1) is 11.8 Å². The summed E-state index contributed by atoms with van der Waals surface area (Å²) in [6.45, 7) is 10.6. The van der Waals surface area contributed by atoms with Crippen LogP contribution in [-0.4, -0.2) is 37.1 Å². The minimum absolute atomic E-state index is 0. The van der Waals surface area contributed by atoms with Gasteiger partial charge in [-0.2, -0.15) is 0 Å². The van der Waals surface area contributed by atoms with Crippen LogP contribution in [0.25, 0.3) is 0 Å². The molecular weight excluding hydrogens is 335 g/mol. The van der Waals surface area contributed by atoms with Gasteiger partial charge in [0.2, 0.25) is 5.91 Å². The lowest BCUT2D eigenvalue weighted by Crippen LogP contribution is -2.49. The lowest BCUT2D eigenvalue weighted by molar-refractivity contribution is -0.126. The van der Waals surface area contributed by atoms with Crippen LogP contribution in [0.2, 0.25) is 0 Å². The van der Waals surface area contributed by atoms with Crippen LogP contribution in [0.4, 0.5) is 5.82 Å². The summed E-state index contributed by atoms with van der Waals surface area (Å²) in [5.41, 5.74) is 1.04. The van der Waals surface area contributed by atoms with Crippen molar-refractivity contribution < 1.29 is 4.79 Å². The van der Waals surface area contributed by atoms with E-state index in [0.717, 1.165) is 37.6 Å². The summed E-state index contributed by atoms with van der Waals surface area (Å²) in [5, 5.41) is 6.21. The number of nitrogens with zero attached hydrogens (tertiary/aromatic N) is 2. The van der Waals surface area contributed by atoms with Gasteiger partial charge >= 0.3 is 0 Å². The molecule has 1 aliphatic heterocycles. The van der Waals surface area contributed by atoms with Crippen LogP contribution in [-0.2, 0) is 11.3 Å². The molecule has 1 unspecified atom stereocenters. The molecular formula is C16H28Cl2N4O. The first kappa shape index (κ1) is 22.0. The smallest absolute Gasteiger partial charge is 0.223 e. The lowest BCUT2D eigenvalue weighted by Gasteiger charge is -2.31. The molecule has 1 fully saturated rings. The van der Waals surface area contributed by atoms with Crippen LogP contribution in [0.3, 0.4) is 0 Å². The fourth-order valence-corrected chi connectivity index (χ4v) is 2.48. The monoisotopic (exact) mass is 362 g/mol. The van der Waals surface area contributed by atoms with Crippen LogP contribution in [0.15, 0.2) is 18.3 Å². The second-order valence-corrected chi connectivity index (χ2v) is 5.62. The van der Waals surface area contributed by atoms with E-state index in [1.807, 2.05) is 25.3 Å². The summed E-state index contributed by atoms with van der Waals surface area (Å²) in [5.74, 6) is 1.68. The van der Waals surface area contributed by atoms with Gasteiger partial charge in [-0.15, -0.1) is 24.8 Å². The molecule has 1 saturated heterocycles. The van der Waals surface area contributed by atoms with Gasteiger partial charge in [-0.25, -0.2) is 4.98 Å². The molecule has 1 aromatic heterocycles. The van der Waals surface area contributed by atoms with Crippen molar-refractivity contribution in [2.45, 2.75) is 27.3 Å². The van der Waals surface area contributed by atoms with E-state index in [4.69, 9.17) is 0 Å². The first-order valence-electron chi connectivity index (χ1n) is 7.84. The molecule has 1 aromatic rings. The topological polar surface area (TPSA) is 57.3 Å². The molecule has 2 heterocycles. The Morgan fingerprint density at radius 1 is 1.35 bits per heavy atom. The number of amides is 1. The first-order valence-corrected chi connectivity index (χ1v) is 7.84. The summed E-state index contributed by atoms with van der Waals surface area (Å²) in [4.78, 5) is 18.7. The molecule has 1 amide bonds. The van der Waals surface area contributed by atoms with Crippen molar-refractivity contribution in [1.82, 2.24) is 15.6 Å². The minimum atomic E-state index is 0. The minimum Gasteiger partial charge on any atom is -0.357 e. The highest BCUT2D eigenvalue weighted by molar-refractivity contribution is 5.85. The van der Waals surface area contributed by atoms with Crippen LogP contribution in [0.1, 0.15) is 26.3 Å². The first-order chi connectivity index (χ1) is 10.2. The lowest BCUT2D eigenvalue weighted by atomic mass is 9.88. The van der Waals surface area contributed by atoms with Crippen molar-refractivity contribution >= 4 is 36.5 Å². The van der Waals surface area contributed by atoms with Crippen molar-refractivity contribution in [2.24, 2.45) is 11.8 Å². The zero-order chi connectivity index (χ0) is 15.2. The molecule has 0 saturated carbocycles. The van der Waals surface area contributed by atoms with E-state index in [1.165, 1.54) is 0 Å². The van der Waals surface area contributed by atoms with Gasteiger partial charge in [-0.05, 0) is 44.5 Å². The van der Waals surface area contributed by atoms with E-state index >= 15 is 0 Å². The molecule has 0 spiro atoms. The number of anilines is 1. The summed E-state index contributed by atoms with van der Waals surface area (Å²) in [7, 11) is 0. The largest absolute Gasteiger partial charge is 0.357 e. The van der Waals surface area contributed by atoms with E-state index in [9.17, 15) is 4.79 Å². The quantitative estimate of drug-likeness (QED) is 0.780. The third-order valence-electron chi connectivity index (χ3n) is 4.30. The van der Waals surface area contributed by atoms with Crippen molar-refractivity contribution in [1.29, 1.82) is 0 Å². The van der Waals surface area contributed by atoms with Gasteiger partial charge in [-0.1, -0.05) is 13.0 Å². The number of nitrogens with one attached hydrogen (secondary N) is 2. The highest BCUT2D eigenvalue weighted by Crippen LogP contribution is 2.16. The van der Waals surface area contributed by atoms with E-state index in [0.29, 0.717) is 12.5 Å². The van der Waals surface area contributed by atoms with Gasteiger partial charge < -0.3 is 15.5 Å². The number of hydrogen-bond acceptors (Lipinski definition) is 4. The Hall–Kier alpha value is -1.04. The Morgan fingerprint density at radius 2 is 2.00 bits per heavy atom. The van der Waals surface area contributed by atoms with E-state index in [1.54, 1.807) is 0 Å². The molecule has 0 radical (unpaired) electrons. The Bertz CT molecular complexity index is 462. The standard InChI is InChI=1S/C16H26N4O.2ClH/c1-4-20(5-2)15-7-6-13(8-18-15)9-19-16(21)12(3)14-10-17-11-14;;/h6-8,12,14,17H,4-5,9-11H2,1-3H3,(H,19,21);2*1H. The molecule has 1 aliphatic rings. The SMILES string of the molecule is CCN(CC)c1ccc(CNC(=O)C(C)C2CNC2)cn1.Cl.Cl. The zero-order valence-electron chi connectivity index (χ0n) is 14.0. The highest BCUT2D eigenvalue weighted by Gasteiger charge is 2.28. The number of halogens is 2. The predicted octanol–water partition coefficient (Wildman–Crippen LogP) is 2.24. The third kappa shape index (κ3) is 5.83. The summed E-state index contributed by atoms with van der Waals surface area (Å²) >= 11 is 0. The van der Waals surface area contributed by atoms with E-state index in [2.05, 4.69) is 34.4 Å². The summed E-state index contributed by atoms with van der Waals surface area (Å²) < 4.78 is 0. The molecule has 1 atom stereocenters. The Labute approximate surface area is 151 Å². The fraction of sp³-hybridized carbons (Fsp3) is 0.625. The van der Waals surface area contributed by atoms with Gasteiger partial charge in [-0.3, -0.25) is 4.79 Å². The van der Waals surface area contributed by atoms with Gasteiger partial charge in [0.15, 0.2) is 0 Å². The Kier molecular flexibility index (Phi) is 10.2. The molecule has 23 heavy (non-hydrogen) atoms. The molecule has 0 bridgehead atoms. The average molecular weight is 363 g/mol. The number of rotatable bonds is 7. The van der Waals surface area contributed by atoms with Crippen molar-refractivity contribution in [2.75, 3.05) is 31.1 Å². The third-order valence-corrected chi connectivity index (χ3v) is 4.30. The van der Waals surface area contributed by atoms with Gasteiger partial charge in [0, 0.05) is 31.7 Å². The van der Waals surface area contributed by atoms with Crippen LogP contribution in [0.5, 0.6) is 0 Å². The number of carbonyl (C=O) groups is 1. The van der Waals surface area contributed by atoms with Crippen molar-refractivity contribution in [3.8, 4) is 0 Å². The maximum atomic E-state index is 12.1. The summed E-state index contributed by atoms with van der Waals surface area (Å²) in [6, 6.07) is 4.06. The predicted molar refractivity (Wildman–Crippen MR) is 99.7 cm³/mol. The maximum absolute atomic E-state index is 12.1. The Balaban J connectivity index is 0.00000242. The normalized spacial score (nSPS) is 14.7. The van der Waals surface area contributed by atoms with Gasteiger partial charge in [0.25, 0.3) is 0 Å². The molecule has 132 valence electrons. The Morgan fingerprint density at radius 3 is 2.43 bits per heavy atom. The molecule has 5 nitrogen and oxygen atoms in total. The fourth-order valence-electron chi connectivity index (χ4n) is 2.48. The number of pyridine rings is 1. The summed E-state index contributed by atoms with van der Waals surface area (Å²) in [6.07, 6.45) is 1.85. The van der Waals surface area contributed by atoms with Gasteiger partial charge in [0.1, 0.15) is 5.82 Å². The molecule has 2 rings (SSSR count). The van der Waals surface area contributed by atoms with E-state index < -0.39 is 0 Å². The van der Waals surface area contributed by atoms with Gasteiger partial charge in [0.05, 0.1) is 0 Å². The molecule has 0 aliphatic carbocycles. The van der Waals surface area contributed by atoms with E-state index in [-0.39, 0.29) is 36.6 Å². The number of carbonyl (C=O) groups excluding carboxylic acids is 1. The molecule has 0 aromatic carbocycles. The number of aromatic nitrogens is 1. The van der Waals surface area contributed by atoms with Crippen LogP contribution < -0.4 is 15.5 Å². The molecule has 2 N–H and O–H groups in total.